The fourth-order valence-corrected chi connectivity index (χ4v) is 10.2. The number of aliphatic hydroxyl groups is 1. The Balaban J connectivity index is 1.63. The second-order valence-corrected chi connectivity index (χ2v) is 21.9. The third-order valence-corrected chi connectivity index (χ3v) is 14.8. The average molecular weight is 1080 g/mol. The van der Waals surface area contributed by atoms with Crippen LogP contribution in [-0.2, 0) is 82.2 Å². The molecule has 0 amide bonds. The van der Waals surface area contributed by atoms with Crippen LogP contribution in [0.25, 0.3) is 0 Å². The Kier molecular flexibility index (Phi) is 24.0. The molecule has 1 saturated carbocycles. The molecule has 2 saturated heterocycles. The summed E-state index contributed by atoms with van der Waals surface area (Å²) < 4.78 is 68.2. The van der Waals surface area contributed by atoms with E-state index in [2.05, 4.69) is 20.8 Å². The highest BCUT2D eigenvalue weighted by atomic mass is 35.5. The van der Waals surface area contributed by atoms with Crippen LogP contribution in [0.15, 0.2) is 54.1 Å². The van der Waals surface area contributed by atoms with Gasteiger partial charge < -0.3 is 51.9 Å². The van der Waals surface area contributed by atoms with E-state index in [0.29, 0.717) is 43.0 Å². The second-order valence-electron chi connectivity index (χ2n) is 21.2. The molecule has 1 N–H and O–H groups in total. The summed E-state index contributed by atoms with van der Waals surface area (Å²) in [5.41, 5.74) is -1.42. The fraction of sp³-hybridized carbons (Fsp3) is 0.704. The number of ether oxygens (including phenoxy) is 9. The molecule has 1 aromatic rings. The van der Waals surface area contributed by atoms with E-state index in [1.54, 1.807) is 27.7 Å². The zero-order valence-corrected chi connectivity index (χ0v) is 46.3. The van der Waals surface area contributed by atoms with E-state index in [0.717, 1.165) is 44.1 Å². The number of benzene rings is 1. The van der Waals surface area contributed by atoms with Crippen molar-refractivity contribution >= 4 is 66.7 Å². The van der Waals surface area contributed by atoms with Gasteiger partial charge in [-0.1, -0.05) is 110 Å². The number of methoxy groups -OCH3 is 1. The molecule has 74 heavy (non-hydrogen) atoms. The van der Waals surface area contributed by atoms with Gasteiger partial charge in [-0.2, -0.15) is 0 Å². The van der Waals surface area contributed by atoms with E-state index in [9.17, 15) is 33.9 Å². The molecule has 2 aliphatic heterocycles. The van der Waals surface area contributed by atoms with Crippen LogP contribution in [0.4, 0.5) is 0 Å². The largest absolute Gasteiger partial charge is 0.466 e. The Morgan fingerprint density at radius 2 is 1.68 bits per heavy atom. The van der Waals surface area contributed by atoms with Crippen LogP contribution in [0, 0.1) is 28.6 Å². The molecule has 4 rings (SSSR count). The molecule has 1 radical (unpaired) electrons. The number of esters is 5. The van der Waals surface area contributed by atoms with Crippen LogP contribution in [0.3, 0.4) is 0 Å². The normalized spacial score (nSPS) is 26.9. The summed E-state index contributed by atoms with van der Waals surface area (Å²) in [5.74, 6) is -6.43. The second kappa shape index (κ2) is 29.1. The van der Waals surface area contributed by atoms with Crippen molar-refractivity contribution in [3.63, 3.8) is 0 Å². The van der Waals surface area contributed by atoms with E-state index >= 15 is 0 Å². The molecule has 20 heteroatoms. The molecule has 2 heterocycles. The van der Waals surface area contributed by atoms with Crippen molar-refractivity contribution in [1.29, 1.82) is 1.34 Å². The highest BCUT2D eigenvalue weighted by molar-refractivity contribution is 8.15. The third-order valence-electron chi connectivity index (χ3n) is 14.2. The minimum atomic E-state index is -2.40. The quantitative estimate of drug-likeness (QED) is 0.0160. The number of rotatable bonds is 28. The fourth-order valence-electron chi connectivity index (χ4n) is 9.87. The summed E-state index contributed by atoms with van der Waals surface area (Å²) in [6, 6.07) is 9.28. The topological polar surface area (TPSA) is 215 Å². The van der Waals surface area contributed by atoms with Gasteiger partial charge in [-0.3, -0.25) is 24.0 Å². The predicted octanol–water partition coefficient (Wildman–Crippen LogP) is 7.91. The molecular formula is C54H79BClO17S. The van der Waals surface area contributed by atoms with Gasteiger partial charge in [-0.05, 0) is 56.6 Å². The van der Waals surface area contributed by atoms with Crippen molar-refractivity contribution in [2.75, 3.05) is 26.2 Å². The highest BCUT2D eigenvalue weighted by Gasteiger charge is 2.58. The Bertz CT molecular complexity index is 2090. The minimum Gasteiger partial charge on any atom is -0.466 e. The lowest BCUT2D eigenvalue weighted by atomic mass is 9.72. The standard InChI is InChI=1S/C54H79BClO17S/c1-11-45(58)70-50-38(25-46(59)64-10)24-40(72-54(50,63)52(8,9)21-15-22-57)26-43(36(5)65-32-37-16-13-12-14-17-37)68-47(60)28-41(73-74-55)29-48(61)69-44(51(6,7)33-66-49(62)31-56)27-39-20-23-67-53(71-39)30-35(4)18-19-42(53)34(2)3/h12-17,21-22,25,34-36,39-44,50,55,63H,11,18-20,23-24,26-33H2,1-10H3/t35-,36+,39+,40?,41+,42+,43-,44+,50+,53?,54-/m1/s1/i55T. The Morgan fingerprint density at radius 1 is 0.973 bits per heavy atom. The van der Waals surface area contributed by atoms with Crippen LogP contribution < -0.4 is 0 Å². The lowest BCUT2D eigenvalue weighted by molar-refractivity contribution is -0.342. The van der Waals surface area contributed by atoms with E-state index in [4.69, 9.17) is 59.8 Å². The van der Waals surface area contributed by atoms with Gasteiger partial charge >= 0.3 is 29.8 Å². The molecule has 1 aliphatic carbocycles. The Hall–Kier alpha value is -3.82. The van der Waals surface area contributed by atoms with E-state index in [1.165, 1.54) is 13.2 Å². The average Bonchev–Trinajstić information content (AvgIpc) is 3.36. The van der Waals surface area contributed by atoms with Gasteiger partial charge in [0.05, 0.1) is 64.2 Å². The molecule has 2 unspecified atom stereocenters. The summed E-state index contributed by atoms with van der Waals surface area (Å²) in [6.07, 6.45) is -0.557. The smallest absolute Gasteiger partial charge is 0.330 e. The number of alkyl halides is 1. The molecule has 0 bridgehead atoms. The Morgan fingerprint density at radius 3 is 2.31 bits per heavy atom. The monoisotopic (exact) mass is 1080 g/mol. The van der Waals surface area contributed by atoms with Crippen molar-refractivity contribution in [2.24, 2.45) is 28.6 Å². The van der Waals surface area contributed by atoms with Gasteiger partial charge in [0.1, 0.15) is 24.4 Å². The zero-order valence-electron chi connectivity index (χ0n) is 45.7. The molecule has 17 nitrogen and oxygen atoms in total. The van der Waals surface area contributed by atoms with Crippen LogP contribution in [-0.4, -0.2) is 130 Å². The van der Waals surface area contributed by atoms with Crippen LogP contribution in [0.1, 0.15) is 132 Å². The highest BCUT2D eigenvalue weighted by Crippen LogP contribution is 2.49. The molecular weight excluding hydrogens is 999 g/mol. The van der Waals surface area contributed by atoms with Crippen molar-refractivity contribution in [2.45, 2.75) is 187 Å². The van der Waals surface area contributed by atoms with Crippen molar-refractivity contribution < 1.29 is 80.7 Å². The van der Waals surface area contributed by atoms with E-state index in [-0.39, 0.29) is 62.4 Å². The molecule has 1 aromatic carbocycles. The lowest BCUT2D eigenvalue weighted by Gasteiger charge is -2.52. The van der Waals surface area contributed by atoms with E-state index < -0.39 is 102 Å². The van der Waals surface area contributed by atoms with Gasteiger partial charge in [0, 0.05) is 48.5 Å². The predicted molar refractivity (Wildman–Crippen MR) is 277 cm³/mol. The van der Waals surface area contributed by atoms with Crippen LogP contribution >= 0.6 is 23.5 Å². The molecule has 413 valence electrons. The number of allylic oxidation sites excluding steroid dienone is 1. The van der Waals surface area contributed by atoms with Crippen molar-refractivity contribution in [3.05, 3.63) is 59.7 Å². The summed E-state index contributed by atoms with van der Waals surface area (Å²) in [6.45, 7) is 17.0. The molecule has 3 fully saturated rings. The first kappa shape index (κ1) is 61.0. The number of hydrogen-bond donors (Lipinski definition) is 1. The molecule has 11 atom stereocenters. The SMILES string of the molecule is [3H][B]SO[C@H](CC(=O)O[C@@H](C[C@@H]1CCOC2(C[C@H](C)CC[C@H]2C(C)C)O1)C(C)(C)COC(=O)CCl)CC(=O)O[C@H](CC1CC(=CC(=O)OC)[C@H](OC(=O)CC)[C@](O)(C(C)(C)C=CC=O)O1)[C@H](C)OCc1ccccc1. The van der Waals surface area contributed by atoms with Crippen molar-refractivity contribution in [3.8, 4) is 0 Å². The number of carbonyl (C=O) groups is 6. The first-order valence-corrected chi connectivity index (χ1v) is 26.9. The maximum atomic E-state index is 14.2. The number of hydrogen-bond acceptors (Lipinski definition) is 18. The van der Waals surface area contributed by atoms with Gasteiger partial charge in [-0.25, -0.2) is 4.79 Å². The summed E-state index contributed by atoms with van der Waals surface area (Å²) in [4.78, 5) is 77.9. The summed E-state index contributed by atoms with van der Waals surface area (Å²) in [7, 11) is 2.07. The van der Waals surface area contributed by atoms with Gasteiger partial charge in [0.25, 0.3) is 0 Å². The Labute approximate surface area is 448 Å². The number of halogens is 1. The minimum absolute atomic E-state index is 0.0733. The first-order valence-electron chi connectivity index (χ1n) is 26.1. The summed E-state index contributed by atoms with van der Waals surface area (Å²) >= 11 is 6.38. The van der Waals surface area contributed by atoms with Crippen LogP contribution in [0.2, 0.25) is 0 Å². The van der Waals surface area contributed by atoms with Gasteiger partial charge in [0.2, 0.25) is 12.9 Å². The molecule has 3 aliphatic rings. The molecule has 1 spiro atoms. The lowest BCUT2D eigenvalue weighted by Crippen LogP contribution is -2.62. The van der Waals surface area contributed by atoms with Crippen LogP contribution in [0.5, 0.6) is 0 Å². The number of aldehydes is 1. The van der Waals surface area contributed by atoms with E-state index in [1.807, 2.05) is 44.2 Å². The maximum Gasteiger partial charge on any atom is 0.330 e. The zero-order chi connectivity index (χ0) is 55.6. The van der Waals surface area contributed by atoms with Gasteiger partial charge in [-0.15, -0.1) is 11.6 Å². The molecule has 0 aromatic heterocycles. The van der Waals surface area contributed by atoms with Gasteiger partial charge in [0.15, 0.2) is 11.9 Å². The van der Waals surface area contributed by atoms with Crippen molar-refractivity contribution in [1.82, 2.24) is 0 Å². The summed E-state index contributed by atoms with van der Waals surface area (Å²) in [5, 5.41) is 12.6. The third kappa shape index (κ3) is 17.9. The maximum absolute atomic E-state index is 14.2. The number of carbonyl (C=O) groups excluding carboxylic acids is 6. The first-order chi connectivity index (χ1) is 35.4.